The van der Waals surface area contributed by atoms with E-state index in [-0.39, 0.29) is 11.2 Å². The molecule has 6 heteroatoms. The fraction of sp³-hybridized carbons (Fsp3) is 0.375. The zero-order valence-electron chi connectivity index (χ0n) is 7.22. The number of anilines is 1. The summed E-state index contributed by atoms with van der Waals surface area (Å²) >= 11 is 7.58. The molecule has 1 saturated heterocycles. The van der Waals surface area contributed by atoms with Crippen LogP contribution in [-0.4, -0.2) is 27.7 Å². The van der Waals surface area contributed by atoms with Gasteiger partial charge in [0.25, 0.3) is 0 Å². The van der Waals surface area contributed by atoms with Gasteiger partial charge in [-0.05, 0) is 15.9 Å². The number of hydrogen-bond acceptors (Lipinski definition) is 4. The number of carbonyl (C=O) groups is 1. The molecule has 0 bridgehead atoms. The van der Waals surface area contributed by atoms with Crippen LogP contribution in [0.4, 0.5) is 5.82 Å². The summed E-state index contributed by atoms with van der Waals surface area (Å²) in [5.41, 5.74) is 0. The number of aromatic nitrogens is 2. The Morgan fingerprint density at radius 3 is 3.00 bits per heavy atom. The van der Waals surface area contributed by atoms with Gasteiger partial charge < -0.3 is 0 Å². The summed E-state index contributed by atoms with van der Waals surface area (Å²) in [5, 5.41) is 0.101. The van der Waals surface area contributed by atoms with Gasteiger partial charge in [0, 0.05) is 24.4 Å². The summed E-state index contributed by atoms with van der Waals surface area (Å²) in [6.45, 7) is 0.609. The lowest BCUT2D eigenvalue weighted by Crippen LogP contribution is -2.26. The molecule has 74 valence electrons. The van der Waals surface area contributed by atoms with Crippen molar-refractivity contribution in [1.82, 2.24) is 9.97 Å². The van der Waals surface area contributed by atoms with Gasteiger partial charge in [-0.25, -0.2) is 9.97 Å². The van der Waals surface area contributed by atoms with Crippen LogP contribution in [-0.2, 0) is 4.79 Å². The molecule has 2 rings (SSSR count). The normalized spacial score (nSPS) is 21.7. The Hall–Kier alpha value is -0.620. The first kappa shape index (κ1) is 9.92. The Kier molecular flexibility index (Phi) is 2.73. The molecule has 1 aromatic rings. The van der Waals surface area contributed by atoms with Gasteiger partial charge in [0.05, 0.1) is 4.47 Å². The van der Waals surface area contributed by atoms with Crippen molar-refractivity contribution in [3.8, 4) is 0 Å². The molecule has 0 spiro atoms. The summed E-state index contributed by atoms with van der Waals surface area (Å²) in [7, 11) is 0. The smallest absolute Gasteiger partial charge is 0.229 e. The fourth-order valence-electron chi connectivity index (χ4n) is 1.40. The molecular weight excluding hydrogens is 266 g/mol. The highest BCUT2D eigenvalue weighted by Gasteiger charge is 2.30. The number of carbonyl (C=O) groups excluding carboxylic acids is 1. The van der Waals surface area contributed by atoms with Gasteiger partial charge in [0.2, 0.25) is 5.91 Å². The van der Waals surface area contributed by atoms with Crippen LogP contribution in [0.2, 0.25) is 0 Å². The van der Waals surface area contributed by atoms with E-state index in [1.165, 1.54) is 6.33 Å². The molecular formula is C8H8BrN3OS. The second-order valence-corrected chi connectivity index (χ2v) is 4.64. The van der Waals surface area contributed by atoms with Crippen LogP contribution < -0.4 is 4.90 Å². The van der Waals surface area contributed by atoms with Gasteiger partial charge in [-0.15, -0.1) is 0 Å². The molecule has 0 N–H and O–H groups in total. The Labute approximate surface area is 95.3 Å². The van der Waals surface area contributed by atoms with E-state index in [4.69, 9.17) is 0 Å². The first-order valence-electron chi connectivity index (χ1n) is 4.12. The maximum absolute atomic E-state index is 11.5. The number of amides is 1. The third kappa shape index (κ3) is 1.76. The fourth-order valence-corrected chi connectivity index (χ4v) is 2.15. The van der Waals surface area contributed by atoms with Crippen LogP contribution in [0.1, 0.15) is 6.42 Å². The van der Waals surface area contributed by atoms with E-state index >= 15 is 0 Å². The second kappa shape index (κ2) is 3.86. The molecule has 1 fully saturated rings. The van der Waals surface area contributed by atoms with Crippen LogP contribution in [0, 0.1) is 0 Å². The molecule has 1 aromatic heterocycles. The average Bonchev–Trinajstić information content (AvgIpc) is 2.46. The van der Waals surface area contributed by atoms with Gasteiger partial charge in [-0.2, -0.15) is 12.6 Å². The predicted octanol–water partition coefficient (Wildman–Crippen LogP) is 1.27. The van der Waals surface area contributed by atoms with Crippen molar-refractivity contribution in [3.05, 3.63) is 17.0 Å². The van der Waals surface area contributed by atoms with Gasteiger partial charge in [0.15, 0.2) is 5.82 Å². The van der Waals surface area contributed by atoms with Crippen molar-refractivity contribution in [1.29, 1.82) is 0 Å². The zero-order chi connectivity index (χ0) is 10.1. The number of hydrogen-bond donors (Lipinski definition) is 1. The van der Waals surface area contributed by atoms with E-state index < -0.39 is 0 Å². The van der Waals surface area contributed by atoms with Crippen LogP contribution >= 0.6 is 28.6 Å². The summed E-state index contributed by atoms with van der Waals surface area (Å²) in [6.07, 6.45) is 3.53. The summed E-state index contributed by atoms with van der Waals surface area (Å²) in [5.74, 6) is 0.686. The second-order valence-electron chi connectivity index (χ2n) is 3.06. The van der Waals surface area contributed by atoms with Crippen LogP contribution in [0.5, 0.6) is 0 Å². The molecule has 1 unspecified atom stereocenters. The number of halogens is 1. The van der Waals surface area contributed by atoms with Crippen molar-refractivity contribution in [2.45, 2.75) is 11.7 Å². The molecule has 0 aromatic carbocycles. The minimum atomic E-state index is 0.0596. The Morgan fingerprint density at radius 1 is 1.64 bits per heavy atom. The number of thiol groups is 1. The lowest BCUT2D eigenvalue weighted by Gasteiger charge is -2.15. The van der Waals surface area contributed by atoms with E-state index in [1.54, 1.807) is 11.1 Å². The first-order chi connectivity index (χ1) is 6.68. The van der Waals surface area contributed by atoms with Crippen LogP contribution in [0.3, 0.4) is 0 Å². The Balaban J connectivity index is 2.32. The quantitative estimate of drug-likeness (QED) is 0.784. The molecule has 1 atom stereocenters. The highest BCUT2D eigenvalue weighted by atomic mass is 79.9. The molecule has 14 heavy (non-hydrogen) atoms. The maximum atomic E-state index is 11.5. The molecule has 0 saturated carbocycles. The van der Waals surface area contributed by atoms with Crippen LogP contribution in [0.15, 0.2) is 17.0 Å². The summed E-state index contributed by atoms with van der Waals surface area (Å²) in [6, 6.07) is 0. The lowest BCUT2D eigenvalue weighted by molar-refractivity contribution is -0.117. The van der Waals surface area contributed by atoms with Gasteiger partial charge in [0.1, 0.15) is 6.33 Å². The standard InChI is InChI=1S/C8H8BrN3OS/c9-6-2-10-4-11-8(6)12-3-5(14)1-7(12)13/h2,4-5,14H,1,3H2. The average molecular weight is 274 g/mol. The van der Waals surface area contributed by atoms with E-state index in [1.807, 2.05) is 0 Å². The summed E-state index contributed by atoms with van der Waals surface area (Å²) < 4.78 is 0.732. The van der Waals surface area contributed by atoms with Crippen molar-refractivity contribution in [2.24, 2.45) is 0 Å². The molecule has 4 nitrogen and oxygen atoms in total. The van der Waals surface area contributed by atoms with Crippen molar-refractivity contribution in [3.63, 3.8) is 0 Å². The third-order valence-electron chi connectivity index (χ3n) is 2.01. The van der Waals surface area contributed by atoms with Crippen molar-refractivity contribution in [2.75, 3.05) is 11.4 Å². The van der Waals surface area contributed by atoms with Crippen molar-refractivity contribution < 1.29 is 4.79 Å². The minimum Gasteiger partial charge on any atom is -0.295 e. The van der Waals surface area contributed by atoms with E-state index in [2.05, 4.69) is 38.5 Å². The summed E-state index contributed by atoms with van der Waals surface area (Å²) in [4.78, 5) is 21.1. The zero-order valence-corrected chi connectivity index (χ0v) is 9.70. The molecule has 1 aliphatic heterocycles. The van der Waals surface area contributed by atoms with Gasteiger partial charge in [-0.3, -0.25) is 9.69 Å². The molecule has 0 radical (unpaired) electrons. The largest absolute Gasteiger partial charge is 0.295 e. The number of nitrogens with zero attached hydrogens (tertiary/aromatic N) is 3. The molecule has 0 aliphatic carbocycles. The SMILES string of the molecule is O=C1CC(S)CN1c1ncncc1Br. The minimum absolute atomic E-state index is 0.0596. The molecule has 2 heterocycles. The lowest BCUT2D eigenvalue weighted by atomic mass is 10.4. The number of rotatable bonds is 1. The third-order valence-corrected chi connectivity index (χ3v) is 2.91. The first-order valence-corrected chi connectivity index (χ1v) is 5.43. The topological polar surface area (TPSA) is 46.1 Å². The molecule has 1 aliphatic rings. The maximum Gasteiger partial charge on any atom is 0.229 e. The van der Waals surface area contributed by atoms with Crippen LogP contribution in [0.25, 0.3) is 0 Å². The van der Waals surface area contributed by atoms with Gasteiger partial charge >= 0.3 is 0 Å². The Bertz CT molecular complexity index is 373. The Morgan fingerprint density at radius 2 is 2.43 bits per heavy atom. The predicted molar refractivity (Wildman–Crippen MR) is 59.5 cm³/mol. The van der Waals surface area contributed by atoms with E-state index in [0.717, 1.165) is 4.47 Å². The van der Waals surface area contributed by atoms with Gasteiger partial charge in [-0.1, -0.05) is 0 Å². The highest BCUT2D eigenvalue weighted by molar-refractivity contribution is 9.10. The molecule has 1 amide bonds. The monoisotopic (exact) mass is 273 g/mol. The van der Waals surface area contributed by atoms with E-state index in [0.29, 0.717) is 18.8 Å². The highest BCUT2D eigenvalue weighted by Crippen LogP contribution is 2.27. The van der Waals surface area contributed by atoms with E-state index in [9.17, 15) is 4.79 Å². The van der Waals surface area contributed by atoms with Crippen molar-refractivity contribution >= 4 is 40.3 Å².